The van der Waals surface area contributed by atoms with Crippen LogP contribution in [0.5, 0.6) is 0 Å². The number of benzene rings is 2. The van der Waals surface area contributed by atoms with E-state index in [2.05, 4.69) is 4.98 Å². The molecule has 1 aromatic heterocycles. The van der Waals surface area contributed by atoms with Gasteiger partial charge >= 0.3 is 0 Å². The lowest BCUT2D eigenvalue weighted by molar-refractivity contribution is -0.137. The molecule has 156 valence electrons. The Kier molecular flexibility index (Phi) is 5.67. The van der Waals surface area contributed by atoms with Crippen molar-refractivity contribution in [2.24, 2.45) is 0 Å². The molecule has 0 radical (unpaired) electrons. The summed E-state index contributed by atoms with van der Waals surface area (Å²) in [6.07, 6.45) is 3.36. The van der Waals surface area contributed by atoms with Gasteiger partial charge in [0.15, 0.2) is 0 Å². The van der Waals surface area contributed by atoms with Crippen molar-refractivity contribution in [3.8, 4) is 0 Å². The Balaban J connectivity index is 1.85. The maximum atomic E-state index is 13.6. The van der Waals surface area contributed by atoms with Gasteiger partial charge < -0.3 is 4.90 Å². The Morgan fingerprint density at radius 3 is 2.32 bits per heavy atom. The minimum atomic E-state index is -0.284. The van der Waals surface area contributed by atoms with Crippen LogP contribution in [-0.4, -0.2) is 28.2 Å². The number of para-hydroxylation sites is 1. The molecular weight excluding hydrogens is 386 g/mol. The van der Waals surface area contributed by atoms with Crippen LogP contribution < -0.4 is 4.90 Å². The maximum Gasteiger partial charge on any atom is 0.278 e. The van der Waals surface area contributed by atoms with Gasteiger partial charge in [0.2, 0.25) is 0 Å². The molecule has 0 unspecified atom stereocenters. The molecule has 31 heavy (non-hydrogen) atoms. The Bertz CT molecular complexity index is 1150. The number of nitrogens with zero attached hydrogens (tertiary/aromatic N) is 3. The molecule has 5 nitrogen and oxygen atoms in total. The van der Waals surface area contributed by atoms with E-state index in [1.165, 1.54) is 4.90 Å². The van der Waals surface area contributed by atoms with E-state index < -0.39 is 0 Å². The quantitative estimate of drug-likeness (QED) is 0.560. The molecule has 0 saturated heterocycles. The molecule has 3 aromatic rings. The number of hydrogen-bond donors (Lipinski definition) is 0. The third kappa shape index (κ3) is 3.87. The first-order valence-corrected chi connectivity index (χ1v) is 10.4. The van der Waals surface area contributed by atoms with Crippen LogP contribution in [0.2, 0.25) is 0 Å². The molecule has 2 aromatic carbocycles. The van der Waals surface area contributed by atoms with Crippen LogP contribution in [0.4, 0.5) is 5.69 Å². The number of likely N-dealkylation sites (N-methyl/N-ethyl adjacent to an activating group) is 1. The second-order valence-corrected chi connectivity index (χ2v) is 7.66. The summed E-state index contributed by atoms with van der Waals surface area (Å²) in [5.41, 5.74) is 5.55. The van der Waals surface area contributed by atoms with Crippen molar-refractivity contribution in [2.75, 3.05) is 11.4 Å². The fourth-order valence-corrected chi connectivity index (χ4v) is 3.87. The highest BCUT2D eigenvalue weighted by Crippen LogP contribution is 2.35. The Labute approximate surface area is 182 Å². The van der Waals surface area contributed by atoms with Gasteiger partial charge in [-0.15, -0.1) is 0 Å². The summed E-state index contributed by atoms with van der Waals surface area (Å²) in [5.74, 6) is -0.561. The molecule has 0 N–H and O–H groups in total. The summed E-state index contributed by atoms with van der Waals surface area (Å²) in [6.45, 7) is 6.79. The molecule has 1 aliphatic heterocycles. The second kappa shape index (κ2) is 8.56. The lowest BCUT2D eigenvalue weighted by atomic mass is 9.99. The molecular formula is C26H25N3O2. The van der Waals surface area contributed by atoms with Crippen molar-refractivity contribution in [2.45, 2.75) is 27.3 Å². The van der Waals surface area contributed by atoms with E-state index in [1.807, 2.05) is 80.3 Å². The first-order valence-electron chi connectivity index (χ1n) is 10.4. The highest BCUT2D eigenvalue weighted by atomic mass is 16.2. The van der Waals surface area contributed by atoms with E-state index in [4.69, 9.17) is 0 Å². The van der Waals surface area contributed by atoms with Crippen molar-refractivity contribution >= 4 is 23.1 Å². The van der Waals surface area contributed by atoms with Crippen LogP contribution in [0.25, 0.3) is 5.57 Å². The summed E-state index contributed by atoms with van der Waals surface area (Å²) < 4.78 is 0. The minimum Gasteiger partial charge on any atom is -0.337 e. The first-order chi connectivity index (χ1) is 15.0. The number of aryl methyl sites for hydroxylation is 2. The third-order valence-electron chi connectivity index (χ3n) is 5.66. The van der Waals surface area contributed by atoms with E-state index in [1.54, 1.807) is 18.5 Å². The maximum absolute atomic E-state index is 13.6. The monoisotopic (exact) mass is 411 g/mol. The highest BCUT2D eigenvalue weighted by Gasteiger charge is 2.41. The first kappa shape index (κ1) is 20.5. The highest BCUT2D eigenvalue weighted by molar-refractivity contribution is 6.36. The molecule has 1 aliphatic rings. The van der Waals surface area contributed by atoms with Crippen molar-refractivity contribution < 1.29 is 9.59 Å². The van der Waals surface area contributed by atoms with Crippen molar-refractivity contribution in [1.82, 2.24) is 9.88 Å². The lowest BCUT2D eigenvalue weighted by Gasteiger charge is -2.25. The number of carbonyl (C=O) groups is 2. The Hall–Kier alpha value is -3.73. The topological polar surface area (TPSA) is 53.5 Å². The van der Waals surface area contributed by atoms with Crippen molar-refractivity contribution in [3.05, 3.63) is 101 Å². The summed E-state index contributed by atoms with van der Waals surface area (Å²) in [6, 6.07) is 19.3. The lowest BCUT2D eigenvalue weighted by Crippen LogP contribution is -2.34. The molecule has 0 atom stereocenters. The third-order valence-corrected chi connectivity index (χ3v) is 5.66. The molecule has 0 fully saturated rings. The number of hydrogen-bond acceptors (Lipinski definition) is 4. The molecule has 0 spiro atoms. The Morgan fingerprint density at radius 1 is 0.903 bits per heavy atom. The van der Waals surface area contributed by atoms with Crippen LogP contribution in [0.15, 0.2) is 78.8 Å². The molecule has 5 heteroatoms. The number of anilines is 1. The zero-order valence-corrected chi connectivity index (χ0v) is 18.0. The van der Waals surface area contributed by atoms with Gasteiger partial charge in [0.25, 0.3) is 11.8 Å². The van der Waals surface area contributed by atoms with E-state index in [0.717, 1.165) is 27.9 Å². The zero-order chi connectivity index (χ0) is 22.0. The fourth-order valence-electron chi connectivity index (χ4n) is 3.87. The minimum absolute atomic E-state index is 0.190. The number of imide groups is 1. The normalized spacial score (nSPS) is 13.8. The van der Waals surface area contributed by atoms with Gasteiger partial charge in [-0.05, 0) is 61.2 Å². The van der Waals surface area contributed by atoms with E-state index >= 15 is 0 Å². The molecule has 0 aliphatic carbocycles. The van der Waals surface area contributed by atoms with Crippen LogP contribution in [-0.2, 0) is 16.1 Å². The molecule has 0 bridgehead atoms. The summed E-state index contributed by atoms with van der Waals surface area (Å²) in [4.78, 5) is 34.6. The van der Waals surface area contributed by atoms with Gasteiger partial charge in [0, 0.05) is 24.6 Å². The van der Waals surface area contributed by atoms with Crippen LogP contribution >= 0.6 is 0 Å². The fraction of sp³-hybridized carbons (Fsp3) is 0.192. The van der Waals surface area contributed by atoms with E-state index in [0.29, 0.717) is 17.8 Å². The average Bonchev–Trinajstić information content (AvgIpc) is 3.03. The van der Waals surface area contributed by atoms with Crippen LogP contribution in [0.3, 0.4) is 0 Å². The van der Waals surface area contributed by atoms with Gasteiger partial charge in [-0.2, -0.15) is 0 Å². The standard InChI is InChI=1S/C26H25N3O2/c1-4-28(22-10-6-5-7-11-22)24-23(21-13-12-18(2)19(3)15-21)25(30)29(26(24)31)17-20-9-8-14-27-16-20/h5-16H,4,17H2,1-3H3. The molecule has 2 heterocycles. The van der Waals surface area contributed by atoms with Crippen LogP contribution in [0, 0.1) is 13.8 Å². The number of carbonyl (C=O) groups excluding carboxylic acids is 2. The average molecular weight is 412 g/mol. The van der Waals surface area contributed by atoms with Crippen molar-refractivity contribution in [3.63, 3.8) is 0 Å². The predicted molar refractivity (Wildman–Crippen MR) is 122 cm³/mol. The smallest absolute Gasteiger partial charge is 0.278 e. The van der Waals surface area contributed by atoms with E-state index in [-0.39, 0.29) is 18.4 Å². The molecule has 2 amide bonds. The van der Waals surface area contributed by atoms with Gasteiger partial charge in [-0.3, -0.25) is 19.5 Å². The van der Waals surface area contributed by atoms with Crippen molar-refractivity contribution in [1.29, 1.82) is 0 Å². The van der Waals surface area contributed by atoms with Gasteiger partial charge in [0.05, 0.1) is 12.1 Å². The summed E-state index contributed by atoms with van der Waals surface area (Å²) >= 11 is 0. The Morgan fingerprint density at radius 2 is 1.68 bits per heavy atom. The predicted octanol–water partition coefficient (Wildman–Crippen LogP) is 4.51. The second-order valence-electron chi connectivity index (χ2n) is 7.66. The molecule has 0 saturated carbocycles. The van der Waals surface area contributed by atoms with E-state index in [9.17, 15) is 9.59 Å². The van der Waals surface area contributed by atoms with Gasteiger partial charge in [-0.25, -0.2) is 0 Å². The SMILES string of the molecule is CCN(C1=C(c2ccc(C)c(C)c2)C(=O)N(Cc2cccnc2)C1=O)c1ccccc1. The number of pyridine rings is 1. The van der Waals surface area contributed by atoms with Gasteiger partial charge in [-0.1, -0.05) is 42.5 Å². The summed E-state index contributed by atoms with van der Waals surface area (Å²) in [7, 11) is 0. The van der Waals surface area contributed by atoms with Gasteiger partial charge in [0.1, 0.15) is 5.70 Å². The van der Waals surface area contributed by atoms with Crippen LogP contribution in [0.1, 0.15) is 29.2 Å². The number of amides is 2. The summed E-state index contributed by atoms with van der Waals surface area (Å²) in [5, 5.41) is 0. The number of aromatic nitrogens is 1. The number of rotatable bonds is 6. The largest absolute Gasteiger partial charge is 0.337 e. The zero-order valence-electron chi connectivity index (χ0n) is 18.0. The molecule has 4 rings (SSSR count).